The first kappa shape index (κ1) is 30.1. The Labute approximate surface area is 290 Å². The van der Waals surface area contributed by atoms with E-state index in [2.05, 4.69) is 108 Å². The molecule has 0 fully saturated rings. The molecular weight excluding hydrogens is 857 g/mol. The zero-order chi connectivity index (χ0) is 29.5. The summed E-state index contributed by atoms with van der Waals surface area (Å²) in [6.45, 7) is 2.36. The minimum atomic E-state index is 0. The molecule has 0 unspecified atom stereocenters. The summed E-state index contributed by atoms with van der Waals surface area (Å²) in [5.41, 5.74) is 9.96. The van der Waals surface area contributed by atoms with Gasteiger partial charge in [0.05, 0.1) is 0 Å². The molecule has 9 rings (SSSR count). The topological polar surface area (TPSA) is 25.8 Å². The van der Waals surface area contributed by atoms with Crippen molar-refractivity contribution in [2.45, 2.75) is 6.92 Å². The number of nitrogens with zero attached hydrogens (tertiary/aromatic N) is 2. The second kappa shape index (κ2) is 13.0. The molecule has 0 spiro atoms. The molecule has 45 heavy (non-hydrogen) atoms. The summed E-state index contributed by atoms with van der Waals surface area (Å²) in [4.78, 5) is 9.19. The van der Waals surface area contributed by atoms with Crippen molar-refractivity contribution in [3.05, 3.63) is 151 Å². The molecule has 0 saturated carbocycles. The van der Waals surface area contributed by atoms with Crippen LogP contribution in [0.3, 0.4) is 0 Å². The van der Waals surface area contributed by atoms with Crippen molar-refractivity contribution in [3.8, 4) is 22.5 Å². The predicted octanol–water partition coefficient (Wildman–Crippen LogP) is 3.01. The van der Waals surface area contributed by atoms with Gasteiger partial charge in [-0.2, -0.15) is 0 Å². The maximum atomic E-state index is 4.87. The normalized spacial score (nSPS) is 12.2. The number of hydrogen-bond acceptors (Lipinski definition) is 2. The minimum absolute atomic E-state index is 0. The molecule has 4 heterocycles. The first-order valence-electron chi connectivity index (χ1n) is 14.6. The molecular formula is C39H25BIrN2Se2-2. The van der Waals surface area contributed by atoms with Crippen molar-refractivity contribution in [2.75, 3.05) is 0 Å². The molecule has 2 aliphatic rings. The molecule has 5 aromatic carbocycles. The predicted molar refractivity (Wildman–Crippen MR) is 187 cm³/mol. The van der Waals surface area contributed by atoms with Crippen molar-refractivity contribution in [1.29, 1.82) is 0 Å². The number of hydrogen-bond donors (Lipinski definition) is 0. The molecule has 2 aromatic heterocycles. The number of aryl methyl sites for hydroxylation is 1. The van der Waals surface area contributed by atoms with Gasteiger partial charge in [0, 0.05) is 26.3 Å². The van der Waals surface area contributed by atoms with Gasteiger partial charge < -0.3 is 4.98 Å². The Morgan fingerprint density at radius 2 is 1.31 bits per heavy atom. The maximum absolute atomic E-state index is 4.87. The molecule has 1 radical (unpaired) electrons. The van der Waals surface area contributed by atoms with E-state index in [0.29, 0.717) is 21.7 Å². The fraction of sp³-hybridized carbons (Fsp3) is 0.0256. The molecule has 0 atom stereocenters. The first-order valence-corrected chi connectivity index (χ1v) is 18.0. The van der Waals surface area contributed by atoms with Crippen LogP contribution in [-0.2, 0) is 20.1 Å². The van der Waals surface area contributed by atoms with Crippen LogP contribution in [0.15, 0.2) is 134 Å². The van der Waals surface area contributed by atoms with Crippen molar-refractivity contribution in [3.63, 3.8) is 0 Å². The molecule has 0 amide bonds. The van der Waals surface area contributed by atoms with Crippen molar-refractivity contribution in [1.82, 2.24) is 9.97 Å². The van der Waals surface area contributed by atoms with E-state index in [9.17, 15) is 0 Å². The monoisotopic (exact) mass is 885 g/mol. The molecule has 0 aliphatic carbocycles. The van der Waals surface area contributed by atoms with Crippen molar-refractivity contribution in [2.24, 2.45) is 0 Å². The number of aromatic nitrogens is 2. The van der Waals surface area contributed by atoms with E-state index in [4.69, 9.17) is 4.98 Å². The van der Waals surface area contributed by atoms with Crippen molar-refractivity contribution >= 4 is 81.6 Å². The van der Waals surface area contributed by atoms with Crippen LogP contribution in [0.5, 0.6) is 0 Å². The average molecular weight is 883 g/mol. The Morgan fingerprint density at radius 1 is 0.622 bits per heavy atom. The van der Waals surface area contributed by atoms with Gasteiger partial charge in [-0.3, -0.25) is 0 Å². The molecule has 0 N–H and O–H groups in total. The molecule has 0 saturated heterocycles. The van der Waals surface area contributed by atoms with Crippen LogP contribution in [0.1, 0.15) is 5.56 Å². The van der Waals surface area contributed by atoms with Crippen LogP contribution < -0.4 is 34.2 Å². The second-order valence-corrected chi connectivity index (χ2v) is 15.4. The summed E-state index contributed by atoms with van der Waals surface area (Å²) < 4.78 is 5.97. The third-order valence-electron chi connectivity index (χ3n) is 8.05. The van der Waals surface area contributed by atoms with Gasteiger partial charge in [0.2, 0.25) is 0 Å². The summed E-state index contributed by atoms with van der Waals surface area (Å²) >= 11 is 0.575. The summed E-state index contributed by atoms with van der Waals surface area (Å²) in [6.07, 6.45) is 3.88. The third-order valence-corrected chi connectivity index (χ3v) is 13.0. The zero-order valence-corrected chi connectivity index (χ0v) is 30.1. The van der Waals surface area contributed by atoms with E-state index in [-0.39, 0.29) is 35.1 Å². The summed E-state index contributed by atoms with van der Waals surface area (Å²) in [6, 6.07) is 49.8. The molecule has 217 valence electrons. The van der Waals surface area contributed by atoms with Crippen LogP contribution in [0.4, 0.5) is 0 Å². The van der Waals surface area contributed by atoms with E-state index >= 15 is 0 Å². The van der Waals surface area contributed by atoms with Crippen LogP contribution >= 0.6 is 0 Å². The Morgan fingerprint density at radius 3 is 2.04 bits per heavy atom. The van der Waals surface area contributed by atoms with E-state index in [1.807, 2.05) is 49.6 Å². The SMILES string of the molecule is Cc1ccc(-c2[c-]cccc2)nc1.[Ir].[c-]1cc2c3c(c1-c1cc4ccccc4cn1)[Se]c1ccccc1B3c1ccccc1[Se]2. The van der Waals surface area contributed by atoms with Gasteiger partial charge in [0.15, 0.2) is 0 Å². The van der Waals surface area contributed by atoms with Crippen LogP contribution in [0.2, 0.25) is 0 Å². The summed E-state index contributed by atoms with van der Waals surface area (Å²) in [7, 11) is 0. The Bertz CT molecular complexity index is 2140. The van der Waals surface area contributed by atoms with Gasteiger partial charge in [-0.15, -0.1) is 35.9 Å². The number of fused-ring (bicyclic) bond motifs is 5. The van der Waals surface area contributed by atoms with Crippen LogP contribution in [-0.4, -0.2) is 46.6 Å². The van der Waals surface area contributed by atoms with E-state index in [0.717, 1.165) is 17.0 Å². The van der Waals surface area contributed by atoms with Crippen LogP contribution in [0.25, 0.3) is 33.3 Å². The standard InChI is InChI=1S/C27H15BNSe2.C12H10N.Ir/c1-2-8-18-16-29-22(15-17(18)7-1)19-13-14-25-26-27(19)31-24-12-6-4-10-21(24)28(26)20-9-3-5-11-23(20)30-25;1-10-7-8-12(13-9-10)11-5-3-2-4-6-11;/h1-12,14-16H;2-5,7-9H,1H3;/q2*-1;. The molecule has 0 bridgehead atoms. The van der Waals surface area contributed by atoms with Crippen LogP contribution in [0, 0.1) is 19.1 Å². The van der Waals surface area contributed by atoms with E-state index < -0.39 is 0 Å². The van der Waals surface area contributed by atoms with Gasteiger partial charge in [0.25, 0.3) is 0 Å². The van der Waals surface area contributed by atoms with Gasteiger partial charge in [-0.05, 0) is 18.2 Å². The van der Waals surface area contributed by atoms with Gasteiger partial charge in [-0.25, -0.2) is 0 Å². The average Bonchev–Trinajstić information content (AvgIpc) is 3.09. The Kier molecular flexibility index (Phi) is 8.71. The van der Waals surface area contributed by atoms with Gasteiger partial charge in [0.1, 0.15) is 0 Å². The summed E-state index contributed by atoms with van der Waals surface area (Å²) in [5, 5.41) is 2.42. The molecule has 6 heteroatoms. The summed E-state index contributed by atoms with van der Waals surface area (Å²) in [5.74, 6) is 0. The Hall–Kier alpha value is -3.59. The quantitative estimate of drug-likeness (QED) is 0.198. The first-order chi connectivity index (χ1) is 21.7. The number of benzene rings is 5. The zero-order valence-electron chi connectivity index (χ0n) is 24.3. The van der Waals surface area contributed by atoms with Gasteiger partial charge in [-0.1, -0.05) is 12.1 Å². The van der Waals surface area contributed by atoms with E-state index in [1.54, 1.807) is 5.46 Å². The fourth-order valence-electron chi connectivity index (χ4n) is 5.91. The molecule has 7 aromatic rings. The second-order valence-electron chi connectivity index (χ2n) is 10.9. The Balaban J connectivity index is 0.000000196. The third kappa shape index (κ3) is 5.80. The van der Waals surface area contributed by atoms with Gasteiger partial charge >= 0.3 is 195 Å². The number of pyridine rings is 2. The molecule has 2 nitrogen and oxygen atoms in total. The fourth-order valence-corrected chi connectivity index (χ4v) is 11.3. The molecule has 2 aliphatic heterocycles. The van der Waals surface area contributed by atoms with E-state index in [1.165, 1.54) is 50.7 Å². The number of rotatable bonds is 2. The van der Waals surface area contributed by atoms with Crippen molar-refractivity contribution < 1.29 is 20.1 Å².